The first kappa shape index (κ1) is 12.6. The zero-order valence-corrected chi connectivity index (χ0v) is 11.0. The van der Waals surface area contributed by atoms with Crippen LogP contribution in [0, 0.1) is 6.92 Å². The second kappa shape index (κ2) is 5.18. The van der Waals surface area contributed by atoms with E-state index in [0.29, 0.717) is 12.5 Å². The third-order valence-corrected chi connectivity index (χ3v) is 2.79. The summed E-state index contributed by atoms with van der Waals surface area (Å²) in [5.74, 6) is 0.595. The lowest BCUT2D eigenvalue weighted by Crippen LogP contribution is -2.20. The molecular weight excluding hydrogens is 250 g/mol. The summed E-state index contributed by atoms with van der Waals surface area (Å²) in [7, 11) is 1.89. The molecule has 1 heterocycles. The molecule has 0 amide bonds. The number of benzene rings is 1. The van der Waals surface area contributed by atoms with Crippen LogP contribution in [0.1, 0.15) is 11.1 Å². The van der Waals surface area contributed by atoms with Gasteiger partial charge in [-0.05, 0) is 29.7 Å². The largest absolute Gasteiger partial charge is 0.368 e. The highest BCUT2D eigenvalue weighted by molar-refractivity contribution is 6.28. The Morgan fingerprint density at radius 1 is 1.22 bits per heavy atom. The molecule has 0 aliphatic heterocycles. The Balaban J connectivity index is 2.22. The first-order valence-electron chi connectivity index (χ1n) is 5.49. The number of nitrogen functional groups attached to an aromatic ring is 1. The van der Waals surface area contributed by atoms with Crippen molar-refractivity contribution < 1.29 is 0 Å². The number of nitrogens with two attached hydrogens (primary N) is 1. The Hall–Kier alpha value is -1.88. The fraction of sp³-hybridized carbons (Fsp3) is 0.250. The lowest BCUT2D eigenvalue weighted by molar-refractivity contribution is 0.851. The van der Waals surface area contributed by atoms with E-state index in [2.05, 4.69) is 34.0 Å². The number of anilines is 2. The number of rotatable bonds is 3. The predicted octanol–water partition coefficient (Wildman–Crippen LogP) is 2.05. The van der Waals surface area contributed by atoms with Crippen molar-refractivity contribution >= 4 is 23.5 Å². The summed E-state index contributed by atoms with van der Waals surface area (Å²) in [5.41, 5.74) is 7.97. The normalized spacial score (nSPS) is 10.4. The molecule has 2 aromatic rings. The zero-order chi connectivity index (χ0) is 13.1. The van der Waals surface area contributed by atoms with Gasteiger partial charge in [-0.15, -0.1) is 0 Å². The molecule has 0 spiro atoms. The van der Waals surface area contributed by atoms with Crippen molar-refractivity contribution in [1.29, 1.82) is 0 Å². The van der Waals surface area contributed by atoms with Gasteiger partial charge in [0.15, 0.2) is 0 Å². The highest BCUT2D eigenvalue weighted by Gasteiger charge is 2.09. The molecule has 0 saturated carbocycles. The summed E-state index contributed by atoms with van der Waals surface area (Å²) >= 11 is 5.76. The van der Waals surface area contributed by atoms with Crippen molar-refractivity contribution in [1.82, 2.24) is 15.0 Å². The van der Waals surface area contributed by atoms with E-state index in [0.717, 1.165) is 0 Å². The van der Waals surface area contributed by atoms with Gasteiger partial charge >= 0.3 is 0 Å². The minimum Gasteiger partial charge on any atom is -0.368 e. The van der Waals surface area contributed by atoms with Gasteiger partial charge in [0.2, 0.25) is 17.2 Å². The minimum absolute atomic E-state index is 0.106. The standard InChI is InChI=1S/C12H14ClN5/c1-8-5-3-4-6-9(8)7-18(2)12-16-10(13)15-11(14)17-12/h3-6H,7H2,1-2H3,(H2,14,15,16,17). The maximum atomic E-state index is 5.76. The van der Waals surface area contributed by atoms with Gasteiger partial charge in [0.05, 0.1) is 0 Å². The van der Waals surface area contributed by atoms with Crippen LogP contribution in [0.3, 0.4) is 0 Å². The molecule has 1 aromatic carbocycles. The van der Waals surface area contributed by atoms with Crippen LogP contribution in [-0.2, 0) is 6.54 Å². The Bertz CT molecular complexity index is 538. The van der Waals surface area contributed by atoms with Gasteiger partial charge in [-0.2, -0.15) is 15.0 Å². The van der Waals surface area contributed by atoms with Crippen LogP contribution in [0.5, 0.6) is 0 Å². The Labute approximate surface area is 111 Å². The van der Waals surface area contributed by atoms with Crippen LogP contribution < -0.4 is 10.6 Å². The lowest BCUT2D eigenvalue weighted by Gasteiger charge is -2.18. The molecule has 5 nitrogen and oxygen atoms in total. The summed E-state index contributed by atoms with van der Waals surface area (Å²) in [6.45, 7) is 2.75. The number of aryl methyl sites for hydroxylation is 1. The highest BCUT2D eigenvalue weighted by Crippen LogP contribution is 2.15. The van der Waals surface area contributed by atoms with Gasteiger partial charge < -0.3 is 10.6 Å². The third-order valence-electron chi connectivity index (χ3n) is 2.62. The number of hydrogen-bond acceptors (Lipinski definition) is 5. The maximum absolute atomic E-state index is 5.76. The molecular formula is C12H14ClN5. The van der Waals surface area contributed by atoms with Crippen molar-refractivity contribution in [2.45, 2.75) is 13.5 Å². The van der Waals surface area contributed by atoms with Gasteiger partial charge in [-0.1, -0.05) is 24.3 Å². The molecule has 0 radical (unpaired) electrons. The average Bonchev–Trinajstić information content (AvgIpc) is 2.31. The molecule has 0 aliphatic rings. The molecule has 0 unspecified atom stereocenters. The van der Waals surface area contributed by atoms with E-state index in [1.165, 1.54) is 11.1 Å². The number of hydrogen-bond donors (Lipinski definition) is 1. The molecule has 0 atom stereocenters. The van der Waals surface area contributed by atoms with Gasteiger partial charge in [0.25, 0.3) is 0 Å². The molecule has 18 heavy (non-hydrogen) atoms. The van der Waals surface area contributed by atoms with Crippen molar-refractivity contribution in [2.24, 2.45) is 0 Å². The molecule has 1 aromatic heterocycles. The first-order valence-corrected chi connectivity index (χ1v) is 5.87. The summed E-state index contributed by atoms with van der Waals surface area (Å²) in [5, 5.41) is 0.106. The van der Waals surface area contributed by atoms with E-state index >= 15 is 0 Å². The van der Waals surface area contributed by atoms with Crippen LogP contribution in [-0.4, -0.2) is 22.0 Å². The molecule has 2 N–H and O–H groups in total. The SMILES string of the molecule is Cc1ccccc1CN(C)c1nc(N)nc(Cl)n1. The molecule has 94 valence electrons. The van der Waals surface area contributed by atoms with E-state index in [1.807, 2.05) is 24.1 Å². The van der Waals surface area contributed by atoms with E-state index in [4.69, 9.17) is 17.3 Å². The maximum Gasteiger partial charge on any atom is 0.231 e. The van der Waals surface area contributed by atoms with Crippen LogP contribution in [0.4, 0.5) is 11.9 Å². The van der Waals surface area contributed by atoms with Crippen molar-refractivity contribution in [3.63, 3.8) is 0 Å². The summed E-state index contributed by atoms with van der Waals surface area (Å²) in [4.78, 5) is 13.7. The number of halogens is 1. The van der Waals surface area contributed by atoms with Gasteiger partial charge in [0.1, 0.15) is 0 Å². The predicted molar refractivity (Wildman–Crippen MR) is 72.5 cm³/mol. The van der Waals surface area contributed by atoms with Crippen LogP contribution in [0.2, 0.25) is 5.28 Å². The van der Waals surface area contributed by atoms with Crippen LogP contribution in [0.25, 0.3) is 0 Å². The Morgan fingerprint density at radius 2 is 1.94 bits per heavy atom. The second-order valence-corrected chi connectivity index (χ2v) is 4.38. The van der Waals surface area contributed by atoms with Crippen molar-refractivity contribution in [3.05, 3.63) is 40.7 Å². The van der Waals surface area contributed by atoms with Crippen LogP contribution >= 0.6 is 11.6 Å². The minimum atomic E-state index is 0.106. The molecule has 6 heteroatoms. The monoisotopic (exact) mass is 263 g/mol. The van der Waals surface area contributed by atoms with E-state index < -0.39 is 0 Å². The molecule has 2 rings (SSSR count). The zero-order valence-electron chi connectivity index (χ0n) is 10.3. The Kier molecular flexibility index (Phi) is 3.62. The third kappa shape index (κ3) is 2.87. The fourth-order valence-corrected chi connectivity index (χ4v) is 1.80. The Morgan fingerprint density at radius 3 is 2.61 bits per heavy atom. The quantitative estimate of drug-likeness (QED) is 0.918. The lowest BCUT2D eigenvalue weighted by atomic mass is 10.1. The van der Waals surface area contributed by atoms with E-state index in [-0.39, 0.29) is 11.2 Å². The topological polar surface area (TPSA) is 67.9 Å². The van der Waals surface area contributed by atoms with Crippen LogP contribution in [0.15, 0.2) is 24.3 Å². The molecule has 0 aliphatic carbocycles. The van der Waals surface area contributed by atoms with E-state index in [9.17, 15) is 0 Å². The van der Waals surface area contributed by atoms with Gasteiger partial charge in [0, 0.05) is 13.6 Å². The average molecular weight is 264 g/mol. The highest BCUT2D eigenvalue weighted by atomic mass is 35.5. The van der Waals surface area contributed by atoms with E-state index in [1.54, 1.807) is 0 Å². The van der Waals surface area contributed by atoms with Crippen molar-refractivity contribution in [2.75, 3.05) is 17.7 Å². The van der Waals surface area contributed by atoms with Gasteiger partial charge in [-0.25, -0.2) is 0 Å². The first-order chi connectivity index (χ1) is 8.56. The molecule has 0 fully saturated rings. The number of aromatic nitrogens is 3. The number of nitrogens with zero attached hydrogens (tertiary/aromatic N) is 4. The molecule has 0 saturated heterocycles. The fourth-order valence-electron chi connectivity index (χ4n) is 1.64. The summed E-state index contributed by atoms with van der Waals surface area (Å²) in [6.07, 6.45) is 0. The van der Waals surface area contributed by atoms with Crippen molar-refractivity contribution in [3.8, 4) is 0 Å². The summed E-state index contributed by atoms with van der Waals surface area (Å²) in [6, 6.07) is 8.15. The summed E-state index contributed by atoms with van der Waals surface area (Å²) < 4.78 is 0. The second-order valence-electron chi connectivity index (χ2n) is 4.05. The smallest absolute Gasteiger partial charge is 0.231 e. The molecule has 0 bridgehead atoms. The van der Waals surface area contributed by atoms with Gasteiger partial charge in [-0.3, -0.25) is 0 Å².